The summed E-state index contributed by atoms with van der Waals surface area (Å²) in [4.78, 5) is 49.2. The molecule has 4 amide bonds. The molecular weight excluding hydrogens is 360 g/mol. The number of amides is 4. The third-order valence-electron chi connectivity index (χ3n) is 4.14. The summed E-state index contributed by atoms with van der Waals surface area (Å²) in [5.74, 6) is -1.81. The number of fused-ring (bicyclic) bond motifs is 2. The van der Waals surface area contributed by atoms with Crippen molar-refractivity contribution < 1.29 is 19.2 Å². The average molecular weight is 380 g/mol. The largest absolute Gasteiger partial charge is 0.352 e. The fourth-order valence-electron chi connectivity index (χ4n) is 2.80. The molecule has 0 aliphatic carbocycles. The third-order valence-corrected chi connectivity index (χ3v) is 4.14. The monoisotopic (exact) mass is 380 g/mol. The van der Waals surface area contributed by atoms with Gasteiger partial charge in [0.05, 0.1) is 22.5 Å². The van der Waals surface area contributed by atoms with E-state index < -0.39 is 18.2 Å². The molecule has 0 aromatic heterocycles. The third kappa shape index (κ3) is 4.73. The van der Waals surface area contributed by atoms with Crippen LogP contribution in [0.3, 0.4) is 0 Å². The predicted octanol–water partition coefficient (Wildman–Crippen LogP) is 1.52. The van der Waals surface area contributed by atoms with Crippen LogP contribution in [-0.4, -0.2) is 36.7 Å². The number of hydrogen-bond donors (Lipinski definition) is 4. The second-order valence-corrected chi connectivity index (χ2v) is 6.23. The van der Waals surface area contributed by atoms with Crippen molar-refractivity contribution in [1.29, 1.82) is 0 Å². The van der Waals surface area contributed by atoms with Gasteiger partial charge in [-0.05, 0) is 30.7 Å². The number of carbonyl (C=O) groups is 4. The van der Waals surface area contributed by atoms with Gasteiger partial charge in [0.1, 0.15) is 6.42 Å². The van der Waals surface area contributed by atoms with Crippen LogP contribution in [0.4, 0.5) is 11.4 Å². The molecule has 8 heteroatoms. The molecule has 0 fully saturated rings. The minimum atomic E-state index is -0.563. The van der Waals surface area contributed by atoms with E-state index >= 15 is 0 Å². The summed E-state index contributed by atoms with van der Waals surface area (Å²) < 4.78 is 0. The summed E-state index contributed by atoms with van der Waals surface area (Å²) in [6.45, 7) is 0.722. The van der Waals surface area contributed by atoms with Crippen LogP contribution in [-0.2, 0) is 9.59 Å². The average Bonchev–Trinajstić information content (AvgIpc) is 2.67. The number of carbonyl (C=O) groups excluding carboxylic acids is 4. The normalized spacial score (nSPS) is 16.0. The first-order chi connectivity index (χ1) is 13.5. The molecule has 3 rings (SSSR count). The molecule has 2 aromatic carbocycles. The molecule has 0 bridgehead atoms. The summed E-state index contributed by atoms with van der Waals surface area (Å²) in [6, 6.07) is 13.1. The van der Waals surface area contributed by atoms with E-state index in [9.17, 15) is 19.2 Å². The molecule has 144 valence electrons. The molecule has 2 aromatic rings. The van der Waals surface area contributed by atoms with E-state index in [1.165, 1.54) is 0 Å². The van der Waals surface area contributed by atoms with Gasteiger partial charge in [-0.3, -0.25) is 19.2 Å². The molecule has 0 saturated heterocycles. The summed E-state index contributed by atoms with van der Waals surface area (Å²) in [6.07, 6.45) is 0.0758. The van der Waals surface area contributed by atoms with E-state index in [2.05, 4.69) is 21.3 Å². The van der Waals surface area contributed by atoms with Gasteiger partial charge in [0.15, 0.2) is 0 Å². The van der Waals surface area contributed by atoms with Gasteiger partial charge in [-0.2, -0.15) is 0 Å². The van der Waals surface area contributed by atoms with Gasteiger partial charge in [-0.15, -0.1) is 0 Å². The number of hydrogen-bond acceptors (Lipinski definition) is 4. The Morgan fingerprint density at radius 2 is 1.04 bits per heavy atom. The Bertz CT molecular complexity index is 852. The van der Waals surface area contributed by atoms with Crippen LogP contribution in [0.1, 0.15) is 33.6 Å². The molecule has 1 aliphatic rings. The van der Waals surface area contributed by atoms with Crippen LogP contribution < -0.4 is 21.3 Å². The molecule has 0 unspecified atom stereocenters. The quantitative estimate of drug-likeness (QED) is 0.519. The van der Waals surface area contributed by atoms with Crippen molar-refractivity contribution in [2.45, 2.75) is 12.8 Å². The Balaban J connectivity index is 1.85. The first kappa shape index (κ1) is 19.1. The number of benzene rings is 2. The smallest absolute Gasteiger partial charge is 0.253 e. The maximum absolute atomic E-state index is 12.4. The topological polar surface area (TPSA) is 116 Å². The maximum Gasteiger partial charge on any atom is 0.253 e. The Labute approximate surface area is 161 Å². The van der Waals surface area contributed by atoms with Gasteiger partial charge in [0.25, 0.3) is 11.8 Å². The zero-order valence-electron chi connectivity index (χ0n) is 15.1. The second kappa shape index (κ2) is 8.81. The summed E-state index contributed by atoms with van der Waals surface area (Å²) >= 11 is 0. The highest BCUT2D eigenvalue weighted by atomic mass is 16.2. The Morgan fingerprint density at radius 1 is 0.607 bits per heavy atom. The van der Waals surface area contributed by atoms with Gasteiger partial charge >= 0.3 is 0 Å². The molecule has 0 spiro atoms. The zero-order valence-corrected chi connectivity index (χ0v) is 15.1. The van der Waals surface area contributed by atoms with Gasteiger partial charge in [0.2, 0.25) is 11.8 Å². The highest BCUT2D eigenvalue weighted by Gasteiger charge is 2.18. The molecular formula is C20H20N4O4. The van der Waals surface area contributed by atoms with Crippen molar-refractivity contribution in [2.75, 3.05) is 23.7 Å². The van der Waals surface area contributed by atoms with Crippen LogP contribution in [0.15, 0.2) is 48.5 Å². The van der Waals surface area contributed by atoms with Gasteiger partial charge in [0, 0.05) is 13.1 Å². The highest BCUT2D eigenvalue weighted by molar-refractivity contribution is 6.12. The Hall–Kier alpha value is -3.68. The zero-order chi connectivity index (χ0) is 19.9. The number of rotatable bonds is 0. The first-order valence-corrected chi connectivity index (χ1v) is 8.89. The number of para-hydroxylation sites is 2. The minimum absolute atomic E-state index is 0.303. The highest BCUT2D eigenvalue weighted by Crippen LogP contribution is 2.17. The van der Waals surface area contributed by atoms with E-state index in [1.54, 1.807) is 48.5 Å². The standard InChI is InChI=1S/C20H20N4O4/c25-17-12-18(26)24-16-9-4-2-7-14(16)20(28)22-11-5-10-21-19(27)13-6-1-3-8-15(13)23-17/h1-4,6-9H,5,10-12H2,(H,21,27)(H,22,28)(H,23,25)(H,24,26). The van der Waals surface area contributed by atoms with Crippen LogP contribution in [0, 0.1) is 0 Å². The van der Waals surface area contributed by atoms with Crippen molar-refractivity contribution in [3.05, 3.63) is 59.7 Å². The maximum atomic E-state index is 12.4. The molecule has 4 N–H and O–H groups in total. The van der Waals surface area contributed by atoms with Crippen LogP contribution in [0.25, 0.3) is 0 Å². The van der Waals surface area contributed by atoms with Crippen LogP contribution in [0.5, 0.6) is 0 Å². The lowest BCUT2D eigenvalue weighted by Crippen LogP contribution is -2.31. The van der Waals surface area contributed by atoms with E-state index in [-0.39, 0.29) is 11.8 Å². The lowest BCUT2D eigenvalue weighted by Gasteiger charge is -2.14. The molecule has 8 nitrogen and oxygen atoms in total. The van der Waals surface area contributed by atoms with Crippen molar-refractivity contribution in [3.63, 3.8) is 0 Å². The molecule has 0 radical (unpaired) electrons. The summed E-state index contributed by atoms with van der Waals surface area (Å²) in [5, 5.41) is 10.7. The van der Waals surface area contributed by atoms with Gasteiger partial charge in [-0.1, -0.05) is 24.3 Å². The van der Waals surface area contributed by atoms with Gasteiger partial charge < -0.3 is 21.3 Å². The van der Waals surface area contributed by atoms with E-state index in [0.29, 0.717) is 42.0 Å². The summed E-state index contributed by atoms with van der Waals surface area (Å²) in [7, 11) is 0. The SMILES string of the molecule is O=C1CC(=O)Nc2ccccc2C(=O)NCCCNC(=O)c2ccccc2N1. The predicted molar refractivity (Wildman–Crippen MR) is 104 cm³/mol. The van der Waals surface area contributed by atoms with Crippen molar-refractivity contribution in [3.8, 4) is 0 Å². The Kier molecular flexibility index (Phi) is 6.01. The molecule has 1 heterocycles. The molecule has 1 aliphatic heterocycles. The lowest BCUT2D eigenvalue weighted by molar-refractivity contribution is -0.123. The first-order valence-electron chi connectivity index (χ1n) is 8.89. The molecule has 0 atom stereocenters. The van der Waals surface area contributed by atoms with Crippen LogP contribution >= 0.6 is 0 Å². The summed E-state index contributed by atoms with van der Waals surface area (Å²) in [5.41, 5.74) is 1.27. The van der Waals surface area contributed by atoms with Crippen molar-refractivity contribution >= 4 is 35.0 Å². The van der Waals surface area contributed by atoms with E-state index in [0.717, 1.165) is 0 Å². The van der Waals surface area contributed by atoms with Crippen LogP contribution in [0.2, 0.25) is 0 Å². The van der Waals surface area contributed by atoms with Crippen molar-refractivity contribution in [2.24, 2.45) is 0 Å². The molecule has 0 saturated carbocycles. The van der Waals surface area contributed by atoms with E-state index in [4.69, 9.17) is 0 Å². The molecule has 28 heavy (non-hydrogen) atoms. The fourth-order valence-corrected chi connectivity index (χ4v) is 2.80. The minimum Gasteiger partial charge on any atom is -0.352 e. The second-order valence-electron chi connectivity index (χ2n) is 6.23. The fraction of sp³-hybridized carbons (Fsp3) is 0.200. The van der Waals surface area contributed by atoms with Gasteiger partial charge in [-0.25, -0.2) is 0 Å². The van der Waals surface area contributed by atoms with E-state index in [1.807, 2.05) is 0 Å². The van der Waals surface area contributed by atoms with Crippen molar-refractivity contribution in [1.82, 2.24) is 10.6 Å². The number of nitrogens with one attached hydrogen (secondary N) is 4. The Morgan fingerprint density at radius 3 is 1.50 bits per heavy atom. The number of anilines is 2. The lowest BCUT2D eigenvalue weighted by atomic mass is 10.1.